The van der Waals surface area contributed by atoms with E-state index in [4.69, 9.17) is 0 Å². The molecule has 2 aliphatic heterocycles. The fourth-order valence-corrected chi connectivity index (χ4v) is 4.25. The van der Waals surface area contributed by atoms with E-state index in [1.165, 1.54) is 9.34 Å². The highest BCUT2D eigenvalue weighted by Gasteiger charge is 2.53. The molecule has 0 aromatic carbocycles. The van der Waals surface area contributed by atoms with Crippen LogP contribution in [0.4, 0.5) is 9.59 Å². The van der Waals surface area contributed by atoms with Crippen LogP contribution in [0.15, 0.2) is 0 Å². The van der Waals surface area contributed by atoms with E-state index in [-0.39, 0.29) is 24.4 Å². The third-order valence-corrected chi connectivity index (χ3v) is 4.83. The van der Waals surface area contributed by atoms with E-state index in [0.29, 0.717) is 0 Å². The van der Waals surface area contributed by atoms with E-state index in [9.17, 15) is 9.59 Å². The number of halogens is 3. The van der Waals surface area contributed by atoms with Crippen LogP contribution >= 0.6 is 68.6 Å². The third kappa shape index (κ3) is 1.37. The summed E-state index contributed by atoms with van der Waals surface area (Å²) in [5.74, 6) is 0. The minimum Gasteiger partial charge on any atom is -0.312 e. The molecule has 6 nitrogen and oxygen atoms in total. The van der Waals surface area contributed by atoms with Gasteiger partial charge in [-0.25, -0.2) is 18.9 Å². The monoisotopic (exact) mass is 520 g/mol. The summed E-state index contributed by atoms with van der Waals surface area (Å²) in [5, 5.41) is 2.71. The van der Waals surface area contributed by atoms with Gasteiger partial charge < -0.3 is 5.32 Å². The van der Waals surface area contributed by atoms with Crippen molar-refractivity contribution < 1.29 is 9.59 Å². The fraction of sp³-hybridized carbons (Fsp3) is 0.500. The Morgan fingerprint density at radius 1 is 1.08 bits per heavy atom. The molecule has 0 spiro atoms. The van der Waals surface area contributed by atoms with Gasteiger partial charge in [-0.2, -0.15) is 0 Å². The lowest BCUT2D eigenvalue weighted by Gasteiger charge is -2.17. The molecule has 1 N–H and O–H groups in total. The lowest BCUT2D eigenvalue weighted by molar-refractivity contribution is 0.217. The van der Waals surface area contributed by atoms with Crippen molar-refractivity contribution in [3.8, 4) is 0 Å². The van der Waals surface area contributed by atoms with Crippen molar-refractivity contribution in [1.29, 1.82) is 0 Å². The molecule has 2 rings (SSSR count). The normalized spacial score (nSPS) is 32.7. The minimum atomic E-state index is -0.241. The average molecular weight is 520 g/mol. The van der Waals surface area contributed by atoms with Crippen LogP contribution in [0.2, 0.25) is 0 Å². The lowest BCUT2D eigenvalue weighted by Crippen LogP contribution is -2.37. The molecule has 2 atom stereocenters. The summed E-state index contributed by atoms with van der Waals surface area (Å²) in [4.78, 5) is 22.6. The second kappa shape index (κ2) is 3.39. The predicted molar refractivity (Wildman–Crippen MR) is 69.1 cm³/mol. The third-order valence-electron chi connectivity index (χ3n) is 1.82. The molecule has 2 fully saturated rings. The molecule has 2 aliphatic rings. The van der Waals surface area contributed by atoms with Crippen molar-refractivity contribution in [2.75, 3.05) is 0 Å². The number of carbonyl (C=O) groups is 2. The van der Waals surface area contributed by atoms with Crippen molar-refractivity contribution >= 4 is 80.7 Å². The largest absolute Gasteiger partial charge is 0.341 e. The zero-order valence-corrected chi connectivity index (χ0v) is 12.4. The molecule has 0 aromatic heterocycles. The van der Waals surface area contributed by atoms with E-state index in [1.807, 2.05) is 68.6 Å². The van der Waals surface area contributed by atoms with Gasteiger partial charge in [0.25, 0.3) is 0 Å². The summed E-state index contributed by atoms with van der Waals surface area (Å²) in [6.07, 6.45) is -0.451. The van der Waals surface area contributed by atoms with Crippen molar-refractivity contribution in [2.24, 2.45) is 0 Å². The SMILES string of the molecule is O=C1NC2C(N1I)N(I)C(=O)N2I. The Morgan fingerprint density at radius 2 is 1.69 bits per heavy atom. The summed E-state index contributed by atoms with van der Waals surface area (Å²) < 4.78 is 4.50. The van der Waals surface area contributed by atoms with E-state index in [0.717, 1.165) is 0 Å². The first-order valence-corrected chi connectivity index (χ1v) is 6.13. The smallest absolute Gasteiger partial charge is 0.312 e. The summed E-state index contributed by atoms with van der Waals surface area (Å²) >= 11 is 5.72. The van der Waals surface area contributed by atoms with Crippen LogP contribution in [0.5, 0.6) is 0 Å². The highest BCUT2D eigenvalue weighted by molar-refractivity contribution is 14.1. The molecule has 9 heteroatoms. The Labute approximate surface area is 116 Å². The molecule has 2 unspecified atom stereocenters. The first kappa shape index (κ1) is 10.3. The number of nitrogens with zero attached hydrogens (tertiary/aromatic N) is 3. The molecule has 4 amide bonds. The quantitative estimate of drug-likeness (QED) is 0.389. The molecule has 13 heavy (non-hydrogen) atoms. The molecule has 0 bridgehead atoms. The summed E-state index contributed by atoms with van der Waals surface area (Å²) in [6, 6.07) is -0.260. The molecule has 2 saturated heterocycles. The minimum absolute atomic E-state index is 0.0992. The highest BCUT2D eigenvalue weighted by Crippen LogP contribution is 2.35. The number of hydrogen-bond donors (Lipinski definition) is 1. The molecule has 0 aliphatic carbocycles. The van der Waals surface area contributed by atoms with Crippen molar-refractivity contribution in [3.63, 3.8) is 0 Å². The summed E-state index contributed by atoms with van der Waals surface area (Å²) in [7, 11) is 0. The average Bonchev–Trinajstić information content (AvgIpc) is 2.48. The zero-order chi connectivity index (χ0) is 9.75. The molecular formula is C4H3I3N4O2. The Morgan fingerprint density at radius 3 is 2.23 bits per heavy atom. The van der Waals surface area contributed by atoms with Gasteiger partial charge in [-0.15, -0.1) is 0 Å². The van der Waals surface area contributed by atoms with Gasteiger partial charge >= 0.3 is 12.1 Å². The second-order valence-electron chi connectivity index (χ2n) is 2.52. The highest BCUT2D eigenvalue weighted by atomic mass is 127. The lowest BCUT2D eigenvalue weighted by atomic mass is 10.4. The number of urea groups is 2. The second-order valence-corrected chi connectivity index (χ2v) is 5.64. The van der Waals surface area contributed by atoms with Crippen LogP contribution in [0.3, 0.4) is 0 Å². The number of hydrogen-bond acceptors (Lipinski definition) is 2. The van der Waals surface area contributed by atoms with Gasteiger partial charge in [0, 0.05) is 0 Å². The molecule has 0 radical (unpaired) electrons. The maximum absolute atomic E-state index is 11.4. The Balaban J connectivity index is 2.32. The van der Waals surface area contributed by atoms with Crippen LogP contribution in [0, 0.1) is 0 Å². The molecule has 72 valence electrons. The fourth-order valence-electron chi connectivity index (χ4n) is 1.22. The maximum atomic E-state index is 11.4. The van der Waals surface area contributed by atoms with Crippen molar-refractivity contribution in [1.82, 2.24) is 14.7 Å². The van der Waals surface area contributed by atoms with E-state index < -0.39 is 0 Å². The zero-order valence-electron chi connectivity index (χ0n) is 5.95. The van der Waals surface area contributed by atoms with Crippen molar-refractivity contribution in [2.45, 2.75) is 12.3 Å². The van der Waals surface area contributed by atoms with Crippen LogP contribution in [-0.4, -0.2) is 33.7 Å². The number of nitrogens with one attached hydrogen (secondary N) is 1. The maximum Gasteiger partial charge on any atom is 0.341 e. The predicted octanol–water partition coefficient (Wildman–Crippen LogP) is 1.45. The molecule has 0 aromatic rings. The first-order chi connectivity index (χ1) is 6.04. The van der Waals surface area contributed by atoms with Crippen LogP contribution in [0.25, 0.3) is 0 Å². The number of rotatable bonds is 0. The Kier molecular flexibility index (Phi) is 2.67. The van der Waals surface area contributed by atoms with Gasteiger partial charge in [0.15, 0.2) is 12.3 Å². The standard InChI is InChI=1S/C4H3I3N4O2/c5-9-1-2(11(7)4(9)13)10(6)3(12)8-1/h1-2H,(H,8,12). The van der Waals surface area contributed by atoms with Gasteiger partial charge in [-0.1, -0.05) is 0 Å². The van der Waals surface area contributed by atoms with Crippen LogP contribution in [0.1, 0.15) is 0 Å². The van der Waals surface area contributed by atoms with E-state index in [2.05, 4.69) is 5.32 Å². The summed E-state index contributed by atoms with van der Waals surface area (Å²) in [5.41, 5.74) is 0. The Hall–Kier alpha value is 0.730. The van der Waals surface area contributed by atoms with E-state index in [1.54, 1.807) is 0 Å². The van der Waals surface area contributed by atoms with Crippen LogP contribution in [-0.2, 0) is 0 Å². The number of amides is 4. The molecular weight excluding hydrogens is 517 g/mol. The van der Waals surface area contributed by atoms with Crippen molar-refractivity contribution in [3.05, 3.63) is 0 Å². The van der Waals surface area contributed by atoms with Gasteiger partial charge in [0.1, 0.15) is 0 Å². The number of carbonyl (C=O) groups excluding carboxylic acids is 2. The molecule has 2 heterocycles. The summed E-state index contributed by atoms with van der Waals surface area (Å²) in [6.45, 7) is 0. The van der Waals surface area contributed by atoms with Crippen LogP contribution < -0.4 is 5.32 Å². The Bertz CT molecular complexity index is 287. The van der Waals surface area contributed by atoms with Gasteiger partial charge in [0.2, 0.25) is 0 Å². The van der Waals surface area contributed by atoms with Gasteiger partial charge in [0.05, 0.1) is 68.6 Å². The van der Waals surface area contributed by atoms with E-state index >= 15 is 0 Å². The number of fused-ring (bicyclic) bond motifs is 1. The van der Waals surface area contributed by atoms with Gasteiger partial charge in [-0.05, 0) is 0 Å². The van der Waals surface area contributed by atoms with Gasteiger partial charge in [-0.3, -0.25) is 0 Å². The topological polar surface area (TPSA) is 55.9 Å². The first-order valence-electron chi connectivity index (χ1n) is 3.23. The molecule has 0 saturated carbocycles.